The number of rotatable bonds is 4. The smallest absolute Gasteiger partial charge is 0.239 e. The molecule has 1 aliphatic carbocycles. The van der Waals surface area contributed by atoms with Gasteiger partial charge in [-0.15, -0.1) is 0 Å². The van der Waals surface area contributed by atoms with E-state index in [0.29, 0.717) is 12.5 Å². The molecule has 84 valence electrons. The lowest BCUT2D eigenvalue weighted by Crippen LogP contribution is -2.44. The first-order chi connectivity index (χ1) is 7.09. The first-order valence-corrected chi connectivity index (χ1v) is 5.44. The molecule has 2 amide bonds. The van der Waals surface area contributed by atoms with Gasteiger partial charge in [0.2, 0.25) is 11.8 Å². The molecule has 0 aromatic heterocycles. The number of likely N-dealkylation sites (tertiary alicyclic amines) is 1. The summed E-state index contributed by atoms with van der Waals surface area (Å²) >= 11 is 0. The van der Waals surface area contributed by atoms with Gasteiger partial charge in [0.15, 0.2) is 0 Å². The minimum absolute atomic E-state index is 0.0127. The van der Waals surface area contributed by atoms with Crippen molar-refractivity contribution in [3.63, 3.8) is 0 Å². The van der Waals surface area contributed by atoms with E-state index in [4.69, 9.17) is 11.5 Å². The van der Waals surface area contributed by atoms with E-state index in [1.54, 1.807) is 0 Å². The third kappa shape index (κ3) is 2.12. The molecule has 2 unspecified atom stereocenters. The number of hydrogen-bond donors (Lipinski definition) is 2. The Morgan fingerprint density at radius 1 is 1.47 bits per heavy atom. The Labute approximate surface area is 88.8 Å². The number of piperidine rings is 1. The molecule has 2 fully saturated rings. The van der Waals surface area contributed by atoms with Crippen molar-refractivity contribution in [2.45, 2.75) is 37.8 Å². The molecule has 4 N–H and O–H groups in total. The van der Waals surface area contributed by atoms with E-state index in [9.17, 15) is 9.59 Å². The SMILES string of the molecule is NC(=O)CC[C@H](N)C(=O)N1CCC2CC21. The van der Waals surface area contributed by atoms with E-state index in [2.05, 4.69) is 0 Å². The summed E-state index contributed by atoms with van der Waals surface area (Å²) in [5.41, 5.74) is 10.7. The first kappa shape index (κ1) is 10.4. The second-order valence-electron chi connectivity index (χ2n) is 4.49. The third-order valence-electron chi connectivity index (χ3n) is 3.33. The van der Waals surface area contributed by atoms with Gasteiger partial charge >= 0.3 is 0 Å². The summed E-state index contributed by atoms with van der Waals surface area (Å²) in [6.45, 7) is 0.832. The van der Waals surface area contributed by atoms with Crippen LogP contribution in [-0.4, -0.2) is 35.3 Å². The van der Waals surface area contributed by atoms with Crippen LogP contribution < -0.4 is 11.5 Å². The van der Waals surface area contributed by atoms with Crippen LogP contribution in [0.15, 0.2) is 0 Å². The lowest BCUT2D eigenvalue weighted by atomic mass is 10.1. The Kier molecular flexibility index (Phi) is 2.65. The lowest BCUT2D eigenvalue weighted by molar-refractivity contribution is -0.132. The molecule has 0 spiro atoms. The Bertz CT molecular complexity index is 292. The largest absolute Gasteiger partial charge is 0.370 e. The topological polar surface area (TPSA) is 89.4 Å². The molecule has 1 saturated carbocycles. The molecule has 0 aromatic carbocycles. The Balaban J connectivity index is 1.81. The molecule has 0 bridgehead atoms. The van der Waals surface area contributed by atoms with Crippen molar-refractivity contribution in [1.29, 1.82) is 0 Å². The van der Waals surface area contributed by atoms with Crippen molar-refractivity contribution in [2.75, 3.05) is 6.54 Å². The van der Waals surface area contributed by atoms with Crippen molar-refractivity contribution in [2.24, 2.45) is 17.4 Å². The van der Waals surface area contributed by atoms with Crippen molar-refractivity contribution >= 4 is 11.8 Å². The molecule has 2 aliphatic rings. The van der Waals surface area contributed by atoms with Crippen LogP contribution in [-0.2, 0) is 9.59 Å². The monoisotopic (exact) mass is 211 g/mol. The van der Waals surface area contributed by atoms with Crippen LogP contribution in [0.1, 0.15) is 25.7 Å². The highest BCUT2D eigenvalue weighted by atomic mass is 16.2. The highest BCUT2D eigenvalue weighted by Gasteiger charge is 2.49. The molecular weight excluding hydrogens is 194 g/mol. The molecule has 15 heavy (non-hydrogen) atoms. The van der Waals surface area contributed by atoms with Crippen LogP contribution in [0.4, 0.5) is 0 Å². The maximum absolute atomic E-state index is 11.8. The number of primary amides is 1. The maximum Gasteiger partial charge on any atom is 0.239 e. The highest BCUT2D eigenvalue weighted by Crippen LogP contribution is 2.44. The molecule has 0 radical (unpaired) electrons. The summed E-state index contributed by atoms with van der Waals surface area (Å²) in [5, 5.41) is 0. The van der Waals surface area contributed by atoms with E-state index >= 15 is 0 Å². The molecule has 0 aromatic rings. The van der Waals surface area contributed by atoms with Crippen molar-refractivity contribution in [3.05, 3.63) is 0 Å². The summed E-state index contributed by atoms with van der Waals surface area (Å²) in [6.07, 6.45) is 2.80. The van der Waals surface area contributed by atoms with Crippen LogP contribution in [0.25, 0.3) is 0 Å². The molecule has 2 rings (SSSR count). The van der Waals surface area contributed by atoms with Gasteiger partial charge in [-0.3, -0.25) is 9.59 Å². The zero-order valence-electron chi connectivity index (χ0n) is 8.69. The van der Waals surface area contributed by atoms with Crippen molar-refractivity contribution in [1.82, 2.24) is 4.90 Å². The van der Waals surface area contributed by atoms with Crippen LogP contribution >= 0.6 is 0 Å². The Hall–Kier alpha value is -1.10. The van der Waals surface area contributed by atoms with Gasteiger partial charge in [-0.1, -0.05) is 0 Å². The van der Waals surface area contributed by atoms with Gasteiger partial charge in [-0.2, -0.15) is 0 Å². The normalized spacial score (nSPS) is 29.8. The average Bonchev–Trinajstić information content (AvgIpc) is 2.86. The lowest BCUT2D eigenvalue weighted by Gasteiger charge is -2.21. The third-order valence-corrected chi connectivity index (χ3v) is 3.33. The minimum Gasteiger partial charge on any atom is -0.370 e. The first-order valence-electron chi connectivity index (χ1n) is 5.44. The molecule has 3 atom stereocenters. The van der Waals surface area contributed by atoms with Crippen molar-refractivity contribution in [3.8, 4) is 0 Å². The second kappa shape index (κ2) is 3.81. The fourth-order valence-electron chi connectivity index (χ4n) is 2.30. The standard InChI is InChI=1S/C10H17N3O2/c11-7(1-2-9(12)14)10(15)13-4-3-6-5-8(6)13/h6-8H,1-5,11H2,(H2,12,14)/t6?,7-,8?/m0/s1. The summed E-state index contributed by atoms with van der Waals surface area (Å²) in [7, 11) is 0. The van der Waals surface area contributed by atoms with Gasteiger partial charge < -0.3 is 16.4 Å². The predicted molar refractivity (Wildman–Crippen MR) is 54.6 cm³/mol. The summed E-state index contributed by atoms with van der Waals surface area (Å²) in [4.78, 5) is 24.3. The molecule has 1 saturated heterocycles. The van der Waals surface area contributed by atoms with E-state index < -0.39 is 11.9 Å². The zero-order valence-corrected chi connectivity index (χ0v) is 8.69. The molecule has 5 nitrogen and oxygen atoms in total. The van der Waals surface area contributed by atoms with Gasteiger partial charge in [0.25, 0.3) is 0 Å². The number of carbonyl (C=O) groups excluding carboxylic acids is 2. The van der Waals surface area contributed by atoms with E-state index in [1.165, 1.54) is 0 Å². The van der Waals surface area contributed by atoms with Gasteiger partial charge in [-0.25, -0.2) is 0 Å². The van der Waals surface area contributed by atoms with Crippen LogP contribution in [0.5, 0.6) is 0 Å². The molecular formula is C10H17N3O2. The number of amides is 2. The number of nitrogens with two attached hydrogens (primary N) is 2. The zero-order chi connectivity index (χ0) is 11.0. The summed E-state index contributed by atoms with van der Waals surface area (Å²) in [5.74, 6) is 0.308. The van der Waals surface area contributed by atoms with Crippen LogP contribution in [0, 0.1) is 5.92 Å². The highest BCUT2D eigenvalue weighted by molar-refractivity contribution is 5.83. The summed E-state index contributed by atoms with van der Waals surface area (Å²) in [6, 6.07) is -0.117. The maximum atomic E-state index is 11.8. The molecule has 5 heteroatoms. The average molecular weight is 211 g/mol. The Morgan fingerprint density at radius 3 is 2.67 bits per heavy atom. The van der Waals surface area contributed by atoms with Gasteiger partial charge in [0.05, 0.1) is 6.04 Å². The van der Waals surface area contributed by atoms with Crippen LogP contribution in [0.2, 0.25) is 0 Å². The van der Waals surface area contributed by atoms with E-state index in [1.807, 2.05) is 4.90 Å². The van der Waals surface area contributed by atoms with Gasteiger partial charge in [0, 0.05) is 19.0 Å². The van der Waals surface area contributed by atoms with Gasteiger partial charge in [-0.05, 0) is 25.2 Å². The number of nitrogens with zero attached hydrogens (tertiary/aromatic N) is 1. The fourth-order valence-corrected chi connectivity index (χ4v) is 2.30. The molecule has 1 heterocycles. The van der Waals surface area contributed by atoms with Crippen molar-refractivity contribution < 1.29 is 9.59 Å². The minimum atomic E-state index is -0.558. The van der Waals surface area contributed by atoms with Gasteiger partial charge in [0.1, 0.15) is 0 Å². The molecule has 1 aliphatic heterocycles. The van der Waals surface area contributed by atoms with Crippen LogP contribution in [0.3, 0.4) is 0 Å². The summed E-state index contributed by atoms with van der Waals surface area (Å²) < 4.78 is 0. The second-order valence-corrected chi connectivity index (χ2v) is 4.49. The number of carbonyl (C=O) groups is 2. The predicted octanol–water partition coefficient (Wildman–Crippen LogP) is -0.800. The fraction of sp³-hybridized carbons (Fsp3) is 0.800. The quantitative estimate of drug-likeness (QED) is 0.638. The number of hydrogen-bond acceptors (Lipinski definition) is 3. The van der Waals surface area contributed by atoms with E-state index in [-0.39, 0.29) is 12.3 Å². The Morgan fingerprint density at radius 2 is 2.20 bits per heavy atom. The van der Waals surface area contributed by atoms with E-state index in [0.717, 1.165) is 25.3 Å². The number of fused-ring (bicyclic) bond motifs is 1.